The molecule has 4 aromatic heterocycles. The van der Waals surface area contributed by atoms with Crippen LogP contribution in [-0.4, -0.2) is 51.8 Å². The molecule has 0 bridgehead atoms. The van der Waals surface area contributed by atoms with Crippen molar-refractivity contribution in [3.8, 4) is 23.4 Å². The van der Waals surface area contributed by atoms with Crippen molar-refractivity contribution >= 4 is 23.5 Å². The van der Waals surface area contributed by atoms with Crippen molar-refractivity contribution in [3.63, 3.8) is 0 Å². The number of benzene rings is 3. The lowest BCUT2D eigenvalue weighted by Crippen LogP contribution is -2.36. The van der Waals surface area contributed by atoms with Crippen LogP contribution in [0.4, 0.5) is 0 Å². The summed E-state index contributed by atoms with van der Waals surface area (Å²) in [6, 6.07) is 42.5. The molecule has 10 heteroatoms. The zero-order valence-electron chi connectivity index (χ0n) is 96.1. The van der Waals surface area contributed by atoms with E-state index in [4.69, 9.17) is 18.9 Å². The van der Waals surface area contributed by atoms with Gasteiger partial charge in [-0.2, -0.15) is 0 Å². The van der Waals surface area contributed by atoms with Crippen LogP contribution < -0.4 is 18.9 Å². The minimum absolute atomic E-state index is 0.0157. The molecular weight excluding hydrogens is 1650 g/mol. The fourth-order valence-electron chi connectivity index (χ4n) is 12.0. The fraction of sp³-hybridized carbons (Fsp3) is 0.623. The monoisotopic (exact) mass is 1850 g/mol. The van der Waals surface area contributed by atoms with Gasteiger partial charge in [-0.1, -0.05) is 432 Å². The molecule has 0 aliphatic carbocycles. The lowest BCUT2D eigenvalue weighted by molar-refractivity contribution is 0.120. The second kappa shape index (κ2) is 50.4. The lowest BCUT2D eigenvalue weighted by atomic mass is 9.62. The minimum atomic E-state index is -0.208. The van der Waals surface area contributed by atoms with Gasteiger partial charge in [0.15, 0.2) is 0 Å². The number of hydrogen-bond donors (Lipinski definition) is 0. The first kappa shape index (κ1) is 127. The highest BCUT2D eigenvalue weighted by atomic mass is 32.2. The Kier molecular flexibility index (Phi) is 48.6. The van der Waals surface area contributed by atoms with E-state index < -0.39 is 0 Å². The van der Waals surface area contributed by atoms with Crippen LogP contribution in [0.1, 0.15) is 438 Å². The molecule has 0 saturated heterocycles. The van der Waals surface area contributed by atoms with Crippen molar-refractivity contribution in [3.05, 3.63) is 239 Å². The molecule has 0 aliphatic rings. The third kappa shape index (κ3) is 58.5. The van der Waals surface area contributed by atoms with Crippen molar-refractivity contribution in [2.75, 3.05) is 0 Å². The Bertz CT molecular complexity index is 4110. The van der Waals surface area contributed by atoms with Gasteiger partial charge in [0.05, 0.1) is 5.69 Å². The summed E-state index contributed by atoms with van der Waals surface area (Å²) in [6.07, 6.45) is 22.8. The Morgan fingerprint density at radius 2 is 0.485 bits per heavy atom. The summed E-state index contributed by atoms with van der Waals surface area (Å²) in [5, 5.41) is 0. The van der Waals surface area contributed by atoms with Gasteiger partial charge >= 0.3 is 0 Å². The number of rotatable bonds is 9. The maximum absolute atomic E-state index is 5.93. The first-order valence-corrected chi connectivity index (χ1v) is 50.1. The molecule has 4 heterocycles. The second-order valence-corrected chi connectivity index (χ2v) is 58.0. The minimum Gasteiger partial charge on any atom is -0.486 e. The molecule has 0 aliphatic heterocycles. The summed E-state index contributed by atoms with van der Waals surface area (Å²) in [7, 11) is 0. The molecule has 0 radical (unpaired) electrons. The molecule has 0 unspecified atom stereocenters. The molecule has 0 amide bonds. The molecule has 0 N–H and O–H groups in total. The summed E-state index contributed by atoms with van der Waals surface area (Å²) >= 11 is 3.91. The molecule has 8 nitrogen and oxygen atoms in total. The van der Waals surface area contributed by atoms with Crippen molar-refractivity contribution in [2.24, 2.45) is 27.1 Å². The molecule has 0 spiro atoms. The highest BCUT2D eigenvalue weighted by Gasteiger charge is 2.38. The summed E-state index contributed by atoms with van der Waals surface area (Å²) < 4.78 is 24.1. The average Bonchev–Trinajstić information content (AvgIpc) is 0.432. The van der Waals surface area contributed by atoms with E-state index in [1.165, 1.54) is 32.0 Å². The third-order valence-corrected chi connectivity index (χ3v) is 21.6. The van der Waals surface area contributed by atoms with Gasteiger partial charge in [0.25, 0.3) is 0 Å². The molecule has 0 saturated carbocycles. The number of aryl methyl sites for hydroxylation is 1. The van der Waals surface area contributed by atoms with Crippen LogP contribution >= 0.6 is 23.5 Å². The maximum Gasteiger partial charge on any atom is 0.217 e. The Hall–Kier alpha value is -6.88. The molecule has 3 aromatic carbocycles. The average molecular weight is 1850 g/mol. The van der Waals surface area contributed by atoms with E-state index >= 15 is 0 Å². The SMILES string of the molecule is CC(C)(C)/C=C\C=C/C(C)(C)C.CC(C)(C)/C=C\C=C/C(C)(C)C.CC(C)(C)Oc1cccnc1C(C)(C)C.CC(C)(C)Oc1ncccc1C(C)(C)C.CC(C)(C)Oc1ncccc1C(C)(C)C.CC(C)(C)Sc1ccccc1C(C)(C)C.CC(C)(C)Sc1ccccc1C(C)(C)C.CC(C)(C)c1ccccc1C(C)(C)C(C)(C)C.Cc1ccc(C(C)(C)C)c(OC(C)(C)C)n1. The summed E-state index contributed by atoms with van der Waals surface area (Å²) in [5.74, 6) is 3.15. The topological polar surface area (TPSA) is 88.5 Å². The van der Waals surface area contributed by atoms with Crippen LogP contribution in [0.25, 0.3) is 0 Å². The molecule has 0 fully saturated rings. The van der Waals surface area contributed by atoms with E-state index in [1.807, 2.05) is 150 Å². The number of aromatic nitrogens is 4. The van der Waals surface area contributed by atoms with E-state index in [9.17, 15) is 0 Å². The summed E-state index contributed by atoms with van der Waals surface area (Å²) in [5.41, 5.74) is 13.0. The predicted molar refractivity (Wildman–Crippen MR) is 592 cm³/mol. The standard InChI is InChI=1S/C17H28.C14H23NO.2C14H22S.3C13H21NO.2C12H22/c1-15(2,3)13-11-9-10-12-14(13)17(7,8)16(4,5)6;1-10-8-9-11(13(2,3)4)12(15-10)16-14(5,6)7;2*1-13(2,3)11-9-7-8-10-12(11)15-14(4,5)6;1-12(2,3)11-10(8-7-9-14-11)15-13(4,5)6;2*1-12(2,3)10-8-7-9-14-11(10)15-13(4,5)6;2*1-11(2,3)9-7-8-10-12(4,5)6/h9-12H,1-8H3;8-9H,1-7H3;2*7-10H,1-6H3;3*7-9H,1-6H3;2*7-10H,1-6H3/b;;;;;;;2*9-7-,10-8-. The quantitative estimate of drug-likeness (QED) is 0.103. The van der Waals surface area contributed by atoms with Gasteiger partial charge in [0, 0.05) is 65.7 Å². The molecular formula is C122H202N4O4S2. The van der Waals surface area contributed by atoms with Crippen LogP contribution in [0.5, 0.6) is 23.4 Å². The van der Waals surface area contributed by atoms with Crippen molar-refractivity contribution in [2.45, 2.75) is 480 Å². The van der Waals surface area contributed by atoms with Crippen LogP contribution in [0.2, 0.25) is 0 Å². The first-order chi connectivity index (χ1) is 58.5. The zero-order chi connectivity index (χ0) is 104. The molecule has 0 atom stereocenters. The molecule has 7 aromatic rings. The number of hydrogen-bond acceptors (Lipinski definition) is 10. The van der Waals surface area contributed by atoms with Crippen molar-refractivity contribution in [1.82, 2.24) is 19.9 Å². The van der Waals surface area contributed by atoms with E-state index in [-0.39, 0.29) is 80.6 Å². The van der Waals surface area contributed by atoms with Crippen molar-refractivity contribution in [1.29, 1.82) is 0 Å². The Balaban J connectivity index is 0. The van der Waals surface area contributed by atoms with Gasteiger partial charge in [-0.3, -0.25) is 4.98 Å². The lowest BCUT2D eigenvalue weighted by Gasteiger charge is -2.42. The predicted octanol–water partition coefficient (Wildman–Crippen LogP) is 38.0. The Labute approximate surface area is 825 Å². The number of thioether (sulfide) groups is 2. The number of nitrogens with zero attached hydrogens (tertiary/aromatic N) is 4. The molecule has 746 valence electrons. The first-order valence-electron chi connectivity index (χ1n) is 48.5. The van der Waals surface area contributed by atoms with Gasteiger partial charge in [-0.15, -0.1) is 23.5 Å². The number of ether oxygens (including phenoxy) is 4. The van der Waals surface area contributed by atoms with Crippen LogP contribution in [0.3, 0.4) is 0 Å². The highest BCUT2D eigenvalue weighted by Crippen LogP contribution is 2.46. The zero-order valence-corrected chi connectivity index (χ0v) is 97.8. The van der Waals surface area contributed by atoms with E-state index in [1.54, 1.807) is 12.4 Å². The fourth-order valence-corrected chi connectivity index (χ4v) is 14.6. The van der Waals surface area contributed by atoms with Crippen molar-refractivity contribution < 1.29 is 18.9 Å². The number of pyridine rings is 4. The molecule has 132 heavy (non-hydrogen) atoms. The third-order valence-electron chi connectivity index (χ3n) is 19.2. The maximum atomic E-state index is 5.93. The highest BCUT2D eigenvalue weighted by molar-refractivity contribution is 8.01. The van der Waals surface area contributed by atoms with E-state index in [0.29, 0.717) is 21.7 Å². The van der Waals surface area contributed by atoms with Crippen LogP contribution in [-0.2, 0) is 43.3 Å². The second-order valence-electron chi connectivity index (χ2n) is 54.2. The summed E-state index contributed by atoms with van der Waals surface area (Å²) in [4.78, 5) is 20.4. The largest absolute Gasteiger partial charge is 0.486 e. The van der Waals surface area contributed by atoms with Gasteiger partial charge in [-0.25, -0.2) is 15.0 Å². The van der Waals surface area contributed by atoms with Crippen LogP contribution in [0, 0.1) is 34.0 Å². The van der Waals surface area contributed by atoms with E-state index in [2.05, 4.69) is 464 Å². The van der Waals surface area contributed by atoms with Crippen LogP contribution in [0.15, 0.2) is 198 Å². The van der Waals surface area contributed by atoms with Gasteiger partial charge < -0.3 is 18.9 Å². The number of allylic oxidation sites excluding steroid dienone is 8. The normalized spacial score (nSPS) is 13.3. The van der Waals surface area contributed by atoms with Gasteiger partial charge in [0.1, 0.15) is 28.2 Å². The Morgan fingerprint density at radius 3 is 0.750 bits per heavy atom. The summed E-state index contributed by atoms with van der Waals surface area (Å²) in [6.45, 7) is 125. The van der Waals surface area contributed by atoms with Gasteiger partial charge in [0.2, 0.25) is 17.6 Å². The smallest absolute Gasteiger partial charge is 0.217 e. The molecule has 7 rings (SSSR count). The Morgan fingerprint density at radius 1 is 0.235 bits per heavy atom. The van der Waals surface area contributed by atoms with Gasteiger partial charge in [-0.05, 0) is 220 Å². The van der Waals surface area contributed by atoms with E-state index in [0.717, 1.165) is 51.5 Å².